The fourth-order valence-electron chi connectivity index (χ4n) is 2.33. The highest BCUT2D eigenvalue weighted by atomic mass is 16.9. The van der Waals surface area contributed by atoms with Gasteiger partial charge in [-0.15, -0.1) is 0 Å². The summed E-state index contributed by atoms with van der Waals surface area (Å²) in [6, 6.07) is 0. The number of aliphatic hydroxyl groups excluding tert-OH is 1. The van der Waals surface area contributed by atoms with Crippen molar-refractivity contribution in [3.05, 3.63) is 29.6 Å². The monoisotopic (exact) mass is 254 g/mol. The normalized spacial score (nSPS) is 30.6. The van der Waals surface area contributed by atoms with Crippen molar-refractivity contribution in [2.24, 2.45) is 0 Å². The molecule has 1 fully saturated rings. The van der Waals surface area contributed by atoms with Gasteiger partial charge in [0.2, 0.25) is 0 Å². The van der Waals surface area contributed by atoms with Crippen LogP contribution in [0.15, 0.2) is 24.4 Å². The first kappa shape index (κ1) is 13.7. The smallest absolute Gasteiger partial charge is 0.134 e. The van der Waals surface area contributed by atoms with Crippen molar-refractivity contribution in [1.29, 1.82) is 0 Å². The number of piperidine rings is 1. The Morgan fingerprint density at radius 3 is 2.72 bits per heavy atom. The molecule has 0 bridgehead atoms. The Morgan fingerprint density at radius 1 is 1.28 bits per heavy atom. The zero-order valence-corrected chi connectivity index (χ0v) is 10.7. The maximum atomic E-state index is 12.0. The standard InChI is InChI=1S/C13H22N2O3/c16-13(11-14-7-3-1-4-8-14)12-18-15(17)9-5-2-6-10-15/h2,5-6,9,13,16H,1,3-4,7-8,10-12H2/t13-,15?/m1/s1. The maximum Gasteiger partial charge on any atom is 0.134 e. The summed E-state index contributed by atoms with van der Waals surface area (Å²) in [6.45, 7) is 3.03. The summed E-state index contributed by atoms with van der Waals surface area (Å²) in [7, 11) is 0. The Hall–Kier alpha value is -0.720. The summed E-state index contributed by atoms with van der Waals surface area (Å²) >= 11 is 0. The third-order valence-corrected chi connectivity index (χ3v) is 3.32. The predicted molar refractivity (Wildman–Crippen MR) is 69.0 cm³/mol. The molecule has 0 aliphatic carbocycles. The lowest BCUT2D eigenvalue weighted by atomic mass is 10.1. The summed E-state index contributed by atoms with van der Waals surface area (Å²) < 4.78 is 0. The average Bonchev–Trinajstić information content (AvgIpc) is 2.39. The van der Waals surface area contributed by atoms with E-state index in [-0.39, 0.29) is 13.2 Å². The summed E-state index contributed by atoms with van der Waals surface area (Å²) in [5.41, 5.74) is 0. The summed E-state index contributed by atoms with van der Waals surface area (Å²) in [6.07, 6.45) is 9.80. The van der Waals surface area contributed by atoms with Crippen LogP contribution in [0.3, 0.4) is 0 Å². The van der Waals surface area contributed by atoms with E-state index in [9.17, 15) is 10.3 Å². The molecular formula is C13H22N2O3. The van der Waals surface area contributed by atoms with E-state index in [0.29, 0.717) is 6.54 Å². The van der Waals surface area contributed by atoms with Crippen molar-refractivity contribution in [1.82, 2.24) is 4.90 Å². The number of rotatable bonds is 5. The quantitative estimate of drug-likeness (QED) is 0.591. The Morgan fingerprint density at radius 2 is 2.06 bits per heavy atom. The number of quaternary nitrogens is 1. The molecule has 2 rings (SSSR count). The highest BCUT2D eigenvalue weighted by Gasteiger charge is 2.20. The molecular weight excluding hydrogens is 232 g/mol. The zero-order chi connectivity index (χ0) is 12.8. The minimum absolute atomic E-state index is 0.0815. The zero-order valence-electron chi connectivity index (χ0n) is 10.7. The van der Waals surface area contributed by atoms with Gasteiger partial charge in [-0.1, -0.05) is 12.5 Å². The number of aliphatic hydroxyl groups is 1. The molecule has 2 atom stereocenters. The molecule has 0 saturated carbocycles. The van der Waals surface area contributed by atoms with Crippen molar-refractivity contribution >= 4 is 0 Å². The molecule has 2 aliphatic rings. The number of allylic oxidation sites excluding steroid dienone is 2. The minimum Gasteiger partial charge on any atom is -0.593 e. The van der Waals surface area contributed by atoms with Crippen LogP contribution in [0.5, 0.6) is 0 Å². The highest BCUT2D eigenvalue weighted by molar-refractivity contribution is 5.03. The van der Waals surface area contributed by atoms with Crippen molar-refractivity contribution < 1.29 is 14.8 Å². The predicted octanol–water partition coefficient (Wildman–Crippen LogP) is 1.16. The molecule has 0 radical (unpaired) electrons. The maximum absolute atomic E-state index is 12.0. The molecule has 5 heteroatoms. The van der Waals surface area contributed by atoms with Crippen LogP contribution >= 0.6 is 0 Å². The first-order valence-corrected chi connectivity index (χ1v) is 6.66. The lowest BCUT2D eigenvalue weighted by molar-refractivity contribution is -1.02. The lowest BCUT2D eigenvalue weighted by Gasteiger charge is -2.36. The highest BCUT2D eigenvalue weighted by Crippen LogP contribution is 2.13. The summed E-state index contributed by atoms with van der Waals surface area (Å²) in [5.74, 6) is 0. The second-order valence-electron chi connectivity index (χ2n) is 4.99. The van der Waals surface area contributed by atoms with Gasteiger partial charge in [0.1, 0.15) is 19.4 Å². The van der Waals surface area contributed by atoms with E-state index < -0.39 is 10.9 Å². The first-order chi connectivity index (χ1) is 8.68. The number of hydrogen-bond donors (Lipinski definition) is 1. The largest absolute Gasteiger partial charge is 0.593 e. The van der Waals surface area contributed by atoms with Gasteiger partial charge in [-0.25, -0.2) is 0 Å². The van der Waals surface area contributed by atoms with E-state index in [2.05, 4.69) is 4.90 Å². The molecule has 0 aromatic heterocycles. The van der Waals surface area contributed by atoms with Gasteiger partial charge >= 0.3 is 0 Å². The molecule has 1 N–H and O–H groups in total. The molecule has 1 saturated heterocycles. The number of hydroxylamine groups is 4. The van der Waals surface area contributed by atoms with Crippen molar-refractivity contribution in [2.45, 2.75) is 25.4 Å². The Balaban J connectivity index is 1.69. The van der Waals surface area contributed by atoms with Gasteiger partial charge in [0.25, 0.3) is 0 Å². The summed E-state index contributed by atoms with van der Waals surface area (Å²) in [5, 5.41) is 21.9. The van der Waals surface area contributed by atoms with Gasteiger partial charge in [0.05, 0.1) is 6.10 Å². The molecule has 5 nitrogen and oxygen atoms in total. The Bertz CT molecular complexity index is 313. The molecule has 0 spiro atoms. The van der Waals surface area contributed by atoms with E-state index in [0.717, 1.165) is 13.1 Å². The van der Waals surface area contributed by atoms with Gasteiger partial charge in [-0.05, 0) is 38.1 Å². The van der Waals surface area contributed by atoms with Crippen molar-refractivity contribution in [3.8, 4) is 0 Å². The van der Waals surface area contributed by atoms with Crippen LogP contribution in [-0.4, -0.2) is 53.7 Å². The second-order valence-corrected chi connectivity index (χ2v) is 4.99. The fraction of sp³-hybridized carbons (Fsp3) is 0.692. The molecule has 1 unspecified atom stereocenters. The van der Waals surface area contributed by atoms with Crippen LogP contribution in [0.25, 0.3) is 0 Å². The van der Waals surface area contributed by atoms with Gasteiger partial charge < -0.3 is 15.2 Å². The lowest BCUT2D eigenvalue weighted by Crippen LogP contribution is -2.43. The van der Waals surface area contributed by atoms with Crippen LogP contribution in [0.2, 0.25) is 0 Å². The first-order valence-electron chi connectivity index (χ1n) is 6.66. The van der Waals surface area contributed by atoms with E-state index in [1.54, 1.807) is 12.2 Å². The molecule has 2 heterocycles. The van der Waals surface area contributed by atoms with Crippen LogP contribution in [0, 0.1) is 5.21 Å². The van der Waals surface area contributed by atoms with Gasteiger partial charge in [-0.3, -0.25) is 0 Å². The average molecular weight is 254 g/mol. The molecule has 2 aliphatic heterocycles. The van der Waals surface area contributed by atoms with Crippen LogP contribution in [0.1, 0.15) is 19.3 Å². The molecule has 0 aromatic carbocycles. The van der Waals surface area contributed by atoms with Crippen molar-refractivity contribution in [3.63, 3.8) is 0 Å². The topological polar surface area (TPSA) is 55.8 Å². The van der Waals surface area contributed by atoms with E-state index in [1.165, 1.54) is 25.5 Å². The van der Waals surface area contributed by atoms with E-state index in [4.69, 9.17) is 4.84 Å². The summed E-state index contributed by atoms with van der Waals surface area (Å²) in [4.78, 5) is 6.65. The van der Waals surface area contributed by atoms with Crippen molar-refractivity contribution in [2.75, 3.05) is 32.8 Å². The molecule has 0 aromatic rings. The van der Waals surface area contributed by atoms with E-state index >= 15 is 0 Å². The third kappa shape index (κ3) is 4.19. The van der Waals surface area contributed by atoms with Crippen LogP contribution in [-0.2, 0) is 4.84 Å². The molecule has 102 valence electrons. The van der Waals surface area contributed by atoms with Gasteiger partial charge in [-0.2, -0.15) is 9.65 Å². The SMILES string of the molecule is [O-][N+]1(OC[C@H](O)CN2CCCCC2)C=CC=CC1. The van der Waals surface area contributed by atoms with Crippen LogP contribution < -0.4 is 0 Å². The number of likely N-dealkylation sites (tertiary alicyclic amines) is 1. The number of β-amino-alcohol motifs (C(OH)–C–C–N with tert-alkyl or cyclic N) is 1. The Labute approximate surface area is 108 Å². The number of nitrogens with zero attached hydrogens (tertiary/aromatic N) is 2. The third-order valence-electron chi connectivity index (χ3n) is 3.32. The molecule has 18 heavy (non-hydrogen) atoms. The Kier molecular flexibility index (Phi) is 4.91. The second kappa shape index (κ2) is 6.45. The molecule has 0 amide bonds. The number of hydrogen-bond acceptors (Lipinski definition) is 4. The van der Waals surface area contributed by atoms with Gasteiger partial charge in [0.15, 0.2) is 0 Å². The minimum atomic E-state index is -0.826. The van der Waals surface area contributed by atoms with E-state index in [1.807, 2.05) is 6.08 Å². The van der Waals surface area contributed by atoms with Crippen LogP contribution in [0.4, 0.5) is 0 Å². The fourth-order valence-corrected chi connectivity index (χ4v) is 2.33. The van der Waals surface area contributed by atoms with Gasteiger partial charge in [0, 0.05) is 6.54 Å².